The standard InChI is InChI=1S/C14H10F3NO5.Li/c1-2-22-13(21)12(20)6-11(19)9-3-8(7-18)4-10(5-9)23-14(15,16)17;/h3-6,19H,2H2,1H3;/q;+1/p-1/b11-6-;. The van der Waals surface area contributed by atoms with E-state index in [9.17, 15) is 27.9 Å². The Labute approximate surface area is 146 Å². The molecule has 1 aromatic carbocycles. The number of carbonyl (C=O) groups excluding carboxylic acids is 2. The Morgan fingerprint density at radius 1 is 1.33 bits per heavy atom. The van der Waals surface area contributed by atoms with E-state index < -0.39 is 35.2 Å². The first kappa shape index (κ1) is 21.6. The van der Waals surface area contributed by atoms with E-state index in [4.69, 9.17) is 5.26 Å². The maximum atomic E-state index is 12.2. The summed E-state index contributed by atoms with van der Waals surface area (Å²) in [6, 6.07) is 3.99. The van der Waals surface area contributed by atoms with Crippen LogP contribution in [0.15, 0.2) is 24.3 Å². The van der Waals surface area contributed by atoms with Crippen LogP contribution < -0.4 is 28.7 Å². The average molecular weight is 335 g/mol. The minimum atomic E-state index is -5.02. The summed E-state index contributed by atoms with van der Waals surface area (Å²) in [5.74, 6) is -4.40. The minimum Gasteiger partial charge on any atom is -0.872 e. The van der Waals surface area contributed by atoms with Crippen molar-refractivity contribution in [3.63, 3.8) is 0 Å². The SMILES string of the molecule is CCOC(=O)C(=O)/C=C(\[O-])c1cc(C#N)cc(OC(F)(F)F)c1.[Li+]. The second kappa shape index (κ2) is 9.02. The molecular weight excluding hydrogens is 326 g/mol. The molecule has 1 rings (SSSR count). The van der Waals surface area contributed by atoms with Crippen molar-refractivity contribution >= 4 is 17.5 Å². The van der Waals surface area contributed by atoms with Gasteiger partial charge < -0.3 is 14.6 Å². The zero-order chi connectivity index (χ0) is 17.6. The summed E-state index contributed by atoms with van der Waals surface area (Å²) < 4.78 is 44.6. The molecule has 0 aliphatic rings. The molecule has 0 aliphatic heterocycles. The Hall–Kier alpha value is -2.42. The van der Waals surface area contributed by atoms with Crippen molar-refractivity contribution in [3.8, 4) is 11.8 Å². The number of carbonyl (C=O) groups is 2. The molecule has 10 heteroatoms. The van der Waals surface area contributed by atoms with Crippen LogP contribution in [0.4, 0.5) is 13.2 Å². The van der Waals surface area contributed by atoms with Crippen molar-refractivity contribution in [2.75, 3.05) is 6.61 Å². The van der Waals surface area contributed by atoms with E-state index >= 15 is 0 Å². The van der Waals surface area contributed by atoms with Crippen LogP contribution in [0, 0.1) is 11.3 Å². The summed E-state index contributed by atoms with van der Waals surface area (Å²) in [5.41, 5.74) is -0.701. The first-order chi connectivity index (χ1) is 10.7. The Bertz CT molecular complexity index is 695. The summed E-state index contributed by atoms with van der Waals surface area (Å²) in [7, 11) is 0. The molecule has 0 aromatic heterocycles. The number of hydrogen-bond donors (Lipinski definition) is 0. The van der Waals surface area contributed by atoms with Gasteiger partial charge in [-0.15, -0.1) is 13.2 Å². The molecule has 0 unspecified atom stereocenters. The molecule has 0 N–H and O–H groups in total. The second-order valence-corrected chi connectivity index (χ2v) is 4.00. The van der Waals surface area contributed by atoms with Crippen LogP contribution in [0.1, 0.15) is 18.1 Å². The van der Waals surface area contributed by atoms with Crippen LogP contribution in [0.2, 0.25) is 0 Å². The molecule has 24 heavy (non-hydrogen) atoms. The van der Waals surface area contributed by atoms with Gasteiger partial charge in [-0.05, 0) is 36.8 Å². The molecular formula is C14H9F3LiNO5. The van der Waals surface area contributed by atoms with E-state index in [2.05, 4.69) is 9.47 Å². The molecule has 0 spiro atoms. The van der Waals surface area contributed by atoms with Gasteiger partial charge >= 0.3 is 31.2 Å². The predicted octanol–water partition coefficient (Wildman–Crippen LogP) is -1.71. The van der Waals surface area contributed by atoms with E-state index in [1.54, 1.807) is 6.07 Å². The number of benzene rings is 1. The van der Waals surface area contributed by atoms with E-state index in [0.717, 1.165) is 12.1 Å². The molecule has 0 heterocycles. The van der Waals surface area contributed by atoms with E-state index in [1.807, 2.05) is 0 Å². The summed E-state index contributed by atoms with van der Waals surface area (Å²) in [5, 5.41) is 20.6. The van der Waals surface area contributed by atoms with Crippen molar-refractivity contribution in [1.29, 1.82) is 5.26 Å². The van der Waals surface area contributed by atoms with Crippen LogP contribution >= 0.6 is 0 Å². The largest absolute Gasteiger partial charge is 1.00 e. The summed E-state index contributed by atoms with van der Waals surface area (Å²) in [4.78, 5) is 22.5. The fraction of sp³-hybridized carbons (Fsp3) is 0.214. The first-order valence-electron chi connectivity index (χ1n) is 6.07. The number of ketones is 1. The Morgan fingerprint density at radius 2 is 1.96 bits per heavy atom. The molecule has 0 amide bonds. The maximum absolute atomic E-state index is 12.2. The Balaban J connectivity index is 0.00000529. The molecule has 0 saturated heterocycles. The summed E-state index contributed by atoms with van der Waals surface area (Å²) in [6.07, 6.45) is -4.65. The fourth-order valence-corrected chi connectivity index (χ4v) is 1.46. The molecule has 0 saturated carbocycles. The van der Waals surface area contributed by atoms with Gasteiger partial charge in [0, 0.05) is 0 Å². The number of esters is 1. The van der Waals surface area contributed by atoms with Crippen molar-refractivity contribution in [2.24, 2.45) is 0 Å². The number of rotatable bonds is 5. The van der Waals surface area contributed by atoms with Gasteiger partial charge in [0.1, 0.15) is 5.75 Å². The van der Waals surface area contributed by atoms with Crippen LogP contribution in [0.3, 0.4) is 0 Å². The Kier molecular flexibility index (Phi) is 8.11. The third-order valence-corrected chi connectivity index (χ3v) is 2.29. The van der Waals surface area contributed by atoms with Crippen molar-refractivity contribution in [1.82, 2.24) is 0 Å². The fourth-order valence-electron chi connectivity index (χ4n) is 1.46. The number of nitriles is 1. The number of halogens is 3. The van der Waals surface area contributed by atoms with E-state index in [1.165, 1.54) is 6.92 Å². The number of alkyl halides is 3. The molecule has 122 valence electrons. The molecule has 0 fully saturated rings. The van der Waals surface area contributed by atoms with Gasteiger partial charge in [-0.3, -0.25) is 4.79 Å². The smallest absolute Gasteiger partial charge is 0.872 e. The average Bonchev–Trinajstić information content (AvgIpc) is 2.45. The van der Waals surface area contributed by atoms with Gasteiger partial charge in [0.25, 0.3) is 5.78 Å². The normalized spacial score (nSPS) is 11.0. The predicted molar refractivity (Wildman–Crippen MR) is 67.5 cm³/mol. The summed E-state index contributed by atoms with van der Waals surface area (Å²) >= 11 is 0. The quantitative estimate of drug-likeness (QED) is 0.209. The Morgan fingerprint density at radius 3 is 2.46 bits per heavy atom. The molecule has 0 radical (unpaired) electrons. The zero-order valence-corrected chi connectivity index (χ0v) is 12.6. The van der Waals surface area contributed by atoms with Gasteiger partial charge in [0.2, 0.25) is 0 Å². The zero-order valence-electron chi connectivity index (χ0n) is 12.6. The van der Waals surface area contributed by atoms with Crippen LogP contribution in [-0.4, -0.2) is 24.7 Å². The number of nitrogens with zero attached hydrogens (tertiary/aromatic N) is 1. The third-order valence-electron chi connectivity index (χ3n) is 2.29. The topological polar surface area (TPSA) is 99.5 Å². The van der Waals surface area contributed by atoms with Gasteiger partial charge in [-0.2, -0.15) is 5.26 Å². The maximum Gasteiger partial charge on any atom is 1.00 e. The first-order valence-corrected chi connectivity index (χ1v) is 6.07. The van der Waals surface area contributed by atoms with E-state index in [0.29, 0.717) is 12.1 Å². The van der Waals surface area contributed by atoms with Crippen LogP contribution in [0.5, 0.6) is 5.75 Å². The number of hydrogen-bond acceptors (Lipinski definition) is 6. The minimum absolute atomic E-state index is 0. The van der Waals surface area contributed by atoms with Crippen LogP contribution in [-0.2, 0) is 14.3 Å². The monoisotopic (exact) mass is 335 g/mol. The van der Waals surface area contributed by atoms with Crippen molar-refractivity contribution < 1.29 is 56.2 Å². The van der Waals surface area contributed by atoms with Crippen molar-refractivity contribution in [3.05, 3.63) is 35.4 Å². The van der Waals surface area contributed by atoms with Crippen LogP contribution in [0.25, 0.3) is 5.76 Å². The van der Waals surface area contributed by atoms with Gasteiger partial charge in [-0.25, -0.2) is 4.79 Å². The molecule has 1 aromatic rings. The van der Waals surface area contributed by atoms with Gasteiger partial charge in [0.15, 0.2) is 0 Å². The van der Waals surface area contributed by atoms with Gasteiger partial charge in [0.05, 0.1) is 18.2 Å². The van der Waals surface area contributed by atoms with Gasteiger partial charge in [-0.1, -0.05) is 5.76 Å². The molecule has 0 aliphatic carbocycles. The van der Waals surface area contributed by atoms with E-state index in [-0.39, 0.29) is 31.0 Å². The third kappa shape index (κ3) is 6.78. The molecule has 0 bridgehead atoms. The summed E-state index contributed by atoms with van der Waals surface area (Å²) in [6.45, 7) is 1.37. The molecule has 0 atom stereocenters. The van der Waals surface area contributed by atoms with Crippen molar-refractivity contribution in [2.45, 2.75) is 13.3 Å². The molecule has 6 nitrogen and oxygen atoms in total. The second-order valence-electron chi connectivity index (χ2n) is 4.00. The number of ether oxygens (including phenoxy) is 2.